The Labute approximate surface area is 98.9 Å². The van der Waals surface area contributed by atoms with Crippen LogP contribution in [0, 0.1) is 0 Å². The van der Waals surface area contributed by atoms with Gasteiger partial charge in [0, 0.05) is 14.2 Å². The van der Waals surface area contributed by atoms with E-state index in [4.69, 9.17) is 4.74 Å². The van der Waals surface area contributed by atoms with Crippen LogP contribution in [0.4, 0.5) is 5.82 Å². The van der Waals surface area contributed by atoms with E-state index in [0.29, 0.717) is 12.6 Å². The molecule has 2 aromatic heterocycles. The number of aromatic nitrogens is 2. The summed E-state index contributed by atoms with van der Waals surface area (Å²) in [5.74, 6) is 0.968. The van der Waals surface area contributed by atoms with E-state index < -0.39 is 0 Å². The van der Waals surface area contributed by atoms with Crippen LogP contribution in [0.15, 0.2) is 17.8 Å². The summed E-state index contributed by atoms with van der Waals surface area (Å²) >= 11 is 1.63. The normalized spacial score (nSPS) is 12.9. The Morgan fingerprint density at radius 1 is 1.50 bits per heavy atom. The third-order valence-electron chi connectivity index (χ3n) is 2.64. The van der Waals surface area contributed by atoms with Crippen molar-refractivity contribution in [3.05, 3.63) is 17.8 Å². The lowest BCUT2D eigenvalue weighted by atomic mass is 10.3. The second-order valence-electron chi connectivity index (χ2n) is 3.75. The van der Waals surface area contributed by atoms with Crippen LogP contribution in [-0.4, -0.2) is 36.8 Å². The number of rotatable bonds is 4. The molecule has 0 aliphatic rings. The van der Waals surface area contributed by atoms with Gasteiger partial charge in [-0.05, 0) is 18.4 Å². The lowest BCUT2D eigenvalue weighted by Crippen LogP contribution is -2.33. The number of ether oxygens (including phenoxy) is 1. The largest absolute Gasteiger partial charge is 0.383 e. The molecule has 0 unspecified atom stereocenters. The highest BCUT2D eigenvalue weighted by molar-refractivity contribution is 7.16. The first-order valence-electron chi connectivity index (χ1n) is 5.14. The molecular weight excluding hydrogens is 222 g/mol. The van der Waals surface area contributed by atoms with Gasteiger partial charge in [-0.3, -0.25) is 0 Å². The molecule has 2 rings (SSSR count). The third kappa shape index (κ3) is 2.01. The molecule has 1 atom stereocenters. The number of nitrogens with zero attached hydrogens (tertiary/aromatic N) is 3. The zero-order valence-corrected chi connectivity index (χ0v) is 10.5. The number of fused-ring (bicyclic) bond motifs is 1. The first-order valence-corrected chi connectivity index (χ1v) is 6.02. The van der Waals surface area contributed by atoms with Gasteiger partial charge in [0.2, 0.25) is 0 Å². The van der Waals surface area contributed by atoms with Crippen molar-refractivity contribution < 1.29 is 4.74 Å². The molecule has 0 fully saturated rings. The van der Waals surface area contributed by atoms with Gasteiger partial charge in [0.25, 0.3) is 0 Å². The highest BCUT2D eigenvalue weighted by atomic mass is 32.1. The summed E-state index contributed by atoms with van der Waals surface area (Å²) in [6, 6.07) is 2.36. The molecule has 0 aromatic carbocycles. The zero-order chi connectivity index (χ0) is 11.5. The molecule has 0 radical (unpaired) electrons. The maximum atomic E-state index is 5.16. The van der Waals surface area contributed by atoms with Crippen LogP contribution in [-0.2, 0) is 4.74 Å². The van der Waals surface area contributed by atoms with Gasteiger partial charge in [-0.2, -0.15) is 0 Å². The molecule has 0 bridgehead atoms. The molecule has 0 spiro atoms. The molecule has 0 aliphatic heterocycles. The quantitative estimate of drug-likeness (QED) is 0.816. The fourth-order valence-electron chi connectivity index (χ4n) is 1.62. The lowest BCUT2D eigenvalue weighted by Gasteiger charge is -2.25. The van der Waals surface area contributed by atoms with Crippen molar-refractivity contribution in [3.63, 3.8) is 0 Å². The van der Waals surface area contributed by atoms with E-state index in [1.54, 1.807) is 24.8 Å². The Morgan fingerprint density at radius 3 is 3.06 bits per heavy atom. The molecule has 16 heavy (non-hydrogen) atoms. The van der Waals surface area contributed by atoms with E-state index >= 15 is 0 Å². The van der Waals surface area contributed by atoms with Gasteiger partial charge in [-0.15, -0.1) is 11.3 Å². The van der Waals surface area contributed by atoms with Gasteiger partial charge in [-0.1, -0.05) is 0 Å². The molecule has 0 saturated carbocycles. The topological polar surface area (TPSA) is 38.2 Å². The van der Waals surface area contributed by atoms with Gasteiger partial charge in [0.05, 0.1) is 18.0 Å². The predicted molar refractivity (Wildman–Crippen MR) is 67.2 cm³/mol. The Balaban J connectivity index is 2.35. The first-order chi connectivity index (χ1) is 7.74. The number of likely N-dealkylation sites (N-methyl/N-ethyl adjacent to an activating group) is 1. The van der Waals surface area contributed by atoms with Gasteiger partial charge in [-0.25, -0.2) is 9.97 Å². The molecule has 2 aromatic rings. The van der Waals surface area contributed by atoms with Crippen molar-refractivity contribution in [1.82, 2.24) is 9.97 Å². The van der Waals surface area contributed by atoms with Crippen molar-refractivity contribution in [2.75, 3.05) is 25.7 Å². The standard InChI is InChI=1S/C11H15N3OS/c1-8(6-15-3)14(2)10-9-4-5-16-11(9)13-7-12-10/h4-5,7-8H,6H2,1-3H3/t8-/m0/s1. The van der Waals surface area contributed by atoms with Gasteiger partial charge >= 0.3 is 0 Å². The Morgan fingerprint density at radius 2 is 2.31 bits per heavy atom. The molecule has 0 saturated heterocycles. The van der Waals surface area contributed by atoms with Crippen molar-refractivity contribution in [2.24, 2.45) is 0 Å². The monoisotopic (exact) mass is 237 g/mol. The maximum Gasteiger partial charge on any atom is 0.140 e. The zero-order valence-electron chi connectivity index (χ0n) is 9.67. The maximum absolute atomic E-state index is 5.16. The fraction of sp³-hybridized carbons (Fsp3) is 0.455. The summed E-state index contributed by atoms with van der Waals surface area (Å²) in [5.41, 5.74) is 0. The van der Waals surface area contributed by atoms with Gasteiger partial charge in [0.15, 0.2) is 0 Å². The van der Waals surface area contributed by atoms with Crippen LogP contribution in [0.25, 0.3) is 10.2 Å². The summed E-state index contributed by atoms with van der Waals surface area (Å²) < 4.78 is 5.16. The number of hydrogen-bond donors (Lipinski definition) is 0. The third-order valence-corrected chi connectivity index (χ3v) is 3.46. The predicted octanol–water partition coefficient (Wildman–Crippen LogP) is 2.16. The minimum Gasteiger partial charge on any atom is -0.383 e. The number of hydrogen-bond acceptors (Lipinski definition) is 5. The van der Waals surface area contributed by atoms with Gasteiger partial charge < -0.3 is 9.64 Å². The van der Waals surface area contributed by atoms with Crippen molar-refractivity contribution in [3.8, 4) is 0 Å². The van der Waals surface area contributed by atoms with Crippen LogP contribution >= 0.6 is 11.3 Å². The van der Waals surface area contributed by atoms with E-state index in [2.05, 4.69) is 27.9 Å². The molecule has 5 heteroatoms. The summed E-state index contributed by atoms with van der Waals surface area (Å²) in [7, 11) is 3.74. The second-order valence-corrected chi connectivity index (χ2v) is 4.65. The highest BCUT2D eigenvalue weighted by Crippen LogP contribution is 2.26. The minimum atomic E-state index is 0.294. The average Bonchev–Trinajstić information content (AvgIpc) is 2.76. The fourth-order valence-corrected chi connectivity index (χ4v) is 2.35. The van der Waals surface area contributed by atoms with E-state index in [-0.39, 0.29) is 0 Å². The van der Waals surface area contributed by atoms with E-state index in [0.717, 1.165) is 16.0 Å². The Bertz CT molecular complexity index is 471. The van der Waals surface area contributed by atoms with Crippen LogP contribution in [0.2, 0.25) is 0 Å². The minimum absolute atomic E-state index is 0.294. The first kappa shape index (κ1) is 11.3. The van der Waals surface area contributed by atoms with Crippen molar-refractivity contribution >= 4 is 27.4 Å². The Kier molecular flexibility index (Phi) is 3.36. The van der Waals surface area contributed by atoms with Crippen LogP contribution < -0.4 is 4.90 Å². The summed E-state index contributed by atoms with van der Waals surface area (Å²) in [4.78, 5) is 11.7. The van der Waals surface area contributed by atoms with Gasteiger partial charge in [0.1, 0.15) is 17.0 Å². The number of methoxy groups -OCH3 is 1. The molecule has 86 valence electrons. The molecule has 2 heterocycles. The van der Waals surface area contributed by atoms with Crippen LogP contribution in [0.1, 0.15) is 6.92 Å². The average molecular weight is 237 g/mol. The molecule has 0 N–H and O–H groups in total. The highest BCUT2D eigenvalue weighted by Gasteiger charge is 2.14. The molecule has 4 nitrogen and oxygen atoms in total. The number of anilines is 1. The smallest absolute Gasteiger partial charge is 0.140 e. The SMILES string of the molecule is COC[C@H](C)N(C)c1ncnc2sccc12. The Hall–Kier alpha value is -1.20. The van der Waals surface area contributed by atoms with Crippen molar-refractivity contribution in [2.45, 2.75) is 13.0 Å². The summed E-state index contributed by atoms with van der Waals surface area (Å²) in [6.07, 6.45) is 1.62. The molecule has 0 aliphatic carbocycles. The van der Waals surface area contributed by atoms with E-state index in [9.17, 15) is 0 Å². The second kappa shape index (κ2) is 4.76. The summed E-state index contributed by atoms with van der Waals surface area (Å²) in [6.45, 7) is 2.80. The van der Waals surface area contributed by atoms with E-state index in [1.807, 2.05) is 12.4 Å². The molecular formula is C11H15N3OS. The van der Waals surface area contributed by atoms with Crippen LogP contribution in [0.5, 0.6) is 0 Å². The summed E-state index contributed by atoms with van der Waals surface area (Å²) in [5, 5.41) is 3.15. The van der Waals surface area contributed by atoms with Crippen molar-refractivity contribution in [1.29, 1.82) is 0 Å². The lowest BCUT2D eigenvalue weighted by molar-refractivity contribution is 0.183. The number of thiophene rings is 1. The molecule has 0 amide bonds. The van der Waals surface area contributed by atoms with Crippen LogP contribution in [0.3, 0.4) is 0 Å². The van der Waals surface area contributed by atoms with E-state index in [1.165, 1.54) is 0 Å².